The number of H-pyrrole nitrogens is 1. The molecule has 0 aliphatic carbocycles. The number of fused-ring (bicyclic) bond motifs is 1. The molecule has 6 aromatic rings. The molecule has 0 aliphatic rings. The molecule has 0 spiro atoms. The first kappa shape index (κ1) is 41.8. The van der Waals surface area contributed by atoms with Crippen LogP contribution in [0.5, 0.6) is 0 Å². The standard InChI is InChI=1S/C21H16F3N5O3S.C15H12F3N3O2S/c1-11-7-16(29-33(31,32)13-4-3-12(2)15(8-13)21(22,23)24)18(26-9-11)19(30)17-14-5-6-25-20(14)28-10-27-17;1-9-5-13(14(7-19)20-8-9)21-24(22,23)11-4-3-10(2)12(6-11)15(16,17)18/h3-10,29H,1-2H3,(H,25,27,28);3-6,8,21H,1-2H3. The zero-order valence-corrected chi connectivity index (χ0v) is 31.5. The van der Waals surface area contributed by atoms with Crippen LogP contribution in [0.25, 0.3) is 11.0 Å². The Morgan fingerprint density at radius 2 is 1.19 bits per heavy atom. The SMILES string of the molecule is Cc1cnc(C#N)c(NS(=O)(=O)c2ccc(C)c(C(F)(F)F)c2)c1.Cc1cnc(C(=O)c2ncnc3[nH]ccc23)c(NS(=O)(=O)c2ccc(C)c(C(F)(F)F)c2)c1. The number of rotatable bonds is 8. The average molecular weight is 831 g/mol. The summed E-state index contributed by atoms with van der Waals surface area (Å²) in [5.74, 6) is -0.681. The number of aromatic nitrogens is 5. The van der Waals surface area contributed by atoms with Crippen LogP contribution in [0.4, 0.5) is 37.7 Å². The largest absolute Gasteiger partial charge is 0.416 e. The van der Waals surface area contributed by atoms with Crippen molar-refractivity contribution >= 4 is 48.2 Å². The second kappa shape index (κ2) is 15.6. The summed E-state index contributed by atoms with van der Waals surface area (Å²) >= 11 is 0. The maximum absolute atomic E-state index is 13.3. The number of anilines is 2. The van der Waals surface area contributed by atoms with Crippen LogP contribution in [0.15, 0.2) is 89.3 Å². The van der Waals surface area contributed by atoms with Crippen molar-refractivity contribution in [2.24, 2.45) is 0 Å². The molecule has 57 heavy (non-hydrogen) atoms. The van der Waals surface area contributed by atoms with Gasteiger partial charge in [-0.3, -0.25) is 19.2 Å². The van der Waals surface area contributed by atoms with Crippen LogP contribution in [0.1, 0.15) is 55.3 Å². The minimum atomic E-state index is -4.73. The maximum atomic E-state index is 13.3. The summed E-state index contributed by atoms with van der Waals surface area (Å²) in [4.78, 5) is 30.7. The third kappa shape index (κ3) is 9.36. The van der Waals surface area contributed by atoms with Crippen molar-refractivity contribution in [1.29, 1.82) is 5.26 Å². The third-order valence-electron chi connectivity index (χ3n) is 8.08. The molecule has 2 aromatic carbocycles. The number of hydrogen-bond acceptors (Lipinski definition) is 10. The van der Waals surface area contributed by atoms with E-state index < -0.39 is 59.1 Å². The number of hydrogen-bond donors (Lipinski definition) is 3. The minimum absolute atomic E-state index is 0.00672. The van der Waals surface area contributed by atoms with Gasteiger partial charge in [0.25, 0.3) is 20.0 Å². The topological polar surface area (TPSA) is 201 Å². The van der Waals surface area contributed by atoms with E-state index in [1.54, 1.807) is 32.2 Å². The number of alkyl halides is 6. The second-order valence-corrected chi connectivity index (χ2v) is 15.7. The van der Waals surface area contributed by atoms with Crippen molar-refractivity contribution in [3.8, 4) is 6.07 Å². The summed E-state index contributed by atoms with van der Waals surface area (Å²) in [6.45, 7) is 5.74. The van der Waals surface area contributed by atoms with Gasteiger partial charge in [0.1, 0.15) is 29.4 Å². The van der Waals surface area contributed by atoms with E-state index in [9.17, 15) is 48.0 Å². The Balaban J connectivity index is 0.000000230. The van der Waals surface area contributed by atoms with Crippen molar-refractivity contribution < 1.29 is 48.0 Å². The van der Waals surface area contributed by atoms with E-state index in [-0.39, 0.29) is 39.6 Å². The number of carbonyl (C=O) groups excluding carboxylic acids is 1. The molecule has 0 radical (unpaired) electrons. The number of sulfonamides is 2. The fourth-order valence-corrected chi connectivity index (χ4v) is 7.45. The van der Waals surface area contributed by atoms with Crippen LogP contribution >= 0.6 is 0 Å². The normalized spacial score (nSPS) is 12.0. The van der Waals surface area contributed by atoms with Crippen molar-refractivity contribution in [2.45, 2.75) is 49.8 Å². The highest BCUT2D eigenvalue weighted by Crippen LogP contribution is 2.35. The van der Waals surface area contributed by atoms with Gasteiger partial charge in [0.2, 0.25) is 5.78 Å². The summed E-state index contributed by atoms with van der Waals surface area (Å²) in [5, 5.41) is 9.38. The molecule has 0 fully saturated rings. The van der Waals surface area contributed by atoms with Gasteiger partial charge in [-0.2, -0.15) is 31.6 Å². The van der Waals surface area contributed by atoms with E-state index in [1.807, 2.05) is 0 Å². The van der Waals surface area contributed by atoms with E-state index in [4.69, 9.17) is 5.26 Å². The Bertz CT molecular complexity index is 2800. The molecule has 0 aliphatic heterocycles. The Kier molecular flexibility index (Phi) is 11.4. The number of benzene rings is 2. The number of halogens is 6. The quantitative estimate of drug-likeness (QED) is 0.102. The van der Waals surface area contributed by atoms with Gasteiger partial charge in [-0.15, -0.1) is 0 Å². The van der Waals surface area contributed by atoms with Crippen LogP contribution in [-0.2, 0) is 32.4 Å². The van der Waals surface area contributed by atoms with Crippen molar-refractivity contribution in [3.05, 3.63) is 130 Å². The molecule has 6 rings (SSSR count). The first-order valence-electron chi connectivity index (χ1n) is 16.1. The molecule has 0 atom stereocenters. The lowest BCUT2D eigenvalue weighted by atomic mass is 10.1. The average Bonchev–Trinajstić information content (AvgIpc) is 3.60. The lowest BCUT2D eigenvalue weighted by Gasteiger charge is -2.15. The highest BCUT2D eigenvalue weighted by Gasteiger charge is 2.35. The third-order valence-corrected chi connectivity index (χ3v) is 10.8. The van der Waals surface area contributed by atoms with E-state index >= 15 is 0 Å². The number of nitrogens with zero attached hydrogens (tertiary/aromatic N) is 5. The Morgan fingerprint density at radius 1 is 0.684 bits per heavy atom. The summed E-state index contributed by atoms with van der Waals surface area (Å²) < 4.78 is 134. The molecule has 21 heteroatoms. The summed E-state index contributed by atoms with van der Waals surface area (Å²) in [7, 11) is -8.78. The second-order valence-electron chi connectivity index (χ2n) is 12.4. The first-order valence-corrected chi connectivity index (χ1v) is 19.1. The molecule has 0 saturated carbocycles. The van der Waals surface area contributed by atoms with Crippen LogP contribution in [-0.4, -0.2) is 47.5 Å². The monoisotopic (exact) mass is 830 g/mol. The molecule has 0 bridgehead atoms. The molecule has 0 unspecified atom stereocenters. The predicted octanol–water partition coefficient (Wildman–Crippen LogP) is 7.41. The van der Waals surface area contributed by atoms with Gasteiger partial charge in [0.15, 0.2) is 5.69 Å². The molecule has 4 heterocycles. The van der Waals surface area contributed by atoms with Crippen molar-refractivity contribution in [3.63, 3.8) is 0 Å². The molecule has 0 amide bonds. The number of nitrogens with one attached hydrogen (secondary N) is 3. The van der Waals surface area contributed by atoms with Crippen LogP contribution in [0.3, 0.4) is 0 Å². The number of pyridine rings is 2. The number of carbonyl (C=O) groups is 1. The maximum Gasteiger partial charge on any atom is 0.416 e. The van der Waals surface area contributed by atoms with Gasteiger partial charge >= 0.3 is 12.4 Å². The smallest absolute Gasteiger partial charge is 0.346 e. The summed E-state index contributed by atoms with van der Waals surface area (Å²) in [5.41, 5.74) is -1.50. The fourth-order valence-electron chi connectivity index (χ4n) is 5.28. The van der Waals surface area contributed by atoms with Gasteiger partial charge < -0.3 is 4.98 Å². The predicted molar refractivity (Wildman–Crippen MR) is 194 cm³/mol. The molecule has 3 N–H and O–H groups in total. The van der Waals surface area contributed by atoms with Crippen LogP contribution < -0.4 is 9.44 Å². The Morgan fingerprint density at radius 3 is 1.72 bits per heavy atom. The van der Waals surface area contributed by atoms with Gasteiger partial charge in [-0.1, -0.05) is 12.1 Å². The zero-order valence-electron chi connectivity index (χ0n) is 29.9. The lowest BCUT2D eigenvalue weighted by Crippen LogP contribution is -2.19. The summed E-state index contributed by atoms with van der Waals surface area (Å²) in [6, 6.07) is 11.5. The molecule has 4 aromatic heterocycles. The first-order chi connectivity index (χ1) is 26.5. The molecule has 13 nitrogen and oxygen atoms in total. The van der Waals surface area contributed by atoms with Crippen LogP contribution in [0.2, 0.25) is 0 Å². The molecular formula is C36H28F6N8O5S2. The number of nitriles is 1. The van der Waals surface area contributed by atoms with Crippen molar-refractivity contribution in [1.82, 2.24) is 24.9 Å². The van der Waals surface area contributed by atoms with Crippen LogP contribution in [0, 0.1) is 39.0 Å². The molecule has 0 saturated heterocycles. The van der Waals surface area contributed by atoms with E-state index in [0.717, 1.165) is 24.3 Å². The highest BCUT2D eigenvalue weighted by atomic mass is 32.2. The Hall–Kier alpha value is -6.40. The zero-order chi connectivity index (χ0) is 42.1. The van der Waals surface area contributed by atoms with Gasteiger partial charge in [0, 0.05) is 24.0 Å². The summed E-state index contributed by atoms with van der Waals surface area (Å²) in [6.07, 6.45) is -3.90. The molecular weight excluding hydrogens is 803 g/mol. The highest BCUT2D eigenvalue weighted by molar-refractivity contribution is 7.93. The Labute approximate surface area is 321 Å². The van der Waals surface area contributed by atoms with Crippen molar-refractivity contribution in [2.75, 3.05) is 9.44 Å². The van der Waals surface area contributed by atoms with E-state index in [0.29, 0.717) is 34.3 Å². The fraction of sp³-hybridized carbons (Fsp3) is 0.167. The van der Waals surface area contributed by atoms with Gasteiger partial charge in [-0.05, 0) is 92.4 Å². The number of aryl methyl sites for hydroxylation is 4. The molecule has 296 valence electrons. The lowest BCUT2D eigenvalue weighted by molar-refractivity contribution is -0.139. The van der Waals surface area contributed by atoms with E-state index in [1.165, 1.54) is 44.7 Å². The van der Waals surface area contributed by atoms with E-state index in [2.05, 4.69) is 34.4 Å². The van der Waals surface area contributed by atoms with Gasteiger partial charge in [0.05, 0.1) is 32.3 Å². The number of aromatic amines is 1. The number of ketones is 1. The van der Waals surface area contributed by atoms with Gasteiger partial charge in [-0.25, -0.2) is 31.8 Å². The minimum Gasteiger partial charge on any atom is -0.346 e.